The highest BCUT2D eigenvalue weighted by Gasteiger charge is 2.11. The molecule has 0 saturated carbocycles. The van der Waals surface area contributed by atoms with Crippen LogP contribution in [0.15, 0.2) is 60.0 Å². The number of aromatic nitrogens is 3. The number of anilines is 1. The van der Waals surface area contributed by atoms with Crippen molar-refractivity contribution in [2.45, 2.75) is 19.0 Å². The van der Waals surface area contributed by atoms with E-state index in [0.717, 1.165) is 22.5 Å². The van der Waals surface area contributed by atoms with Crippen molar-refractivity contribution in [1.82, 2.24) is 14.8 Å². The minimum Gasteiger partial charge on any atom is -0.325 e. The number of hydrogen-bond acceptors (Lipinski definition) is 4. The van der Waals surface area contributed by atoms with Gasteiger partial charge in [0.15, 0.2) is 5.16 Å². The normalized spacial score (nSPS) is 10.6. The summed E-state index contributed by atoms with van der Waals surface area (Å²) in [5.74, 6) is 0.218. The van der Waals surface area contributed by atoms with Crippen molar-refractivity contribution in [3.8, 4) is 5.69 Å². The maximum Gasteiger partial charge on any atom is 0.234 e. The van der Waals surface area contributed by atoms with Crippen LogP contribution >= 0.6 is 11.8 Å². The SMILES string of the molecule is Cc1ccc(C)c(NC(=O)CSc2nncn2-c2ccccc2)c1. The van der Waals surface area contributed by atoms with Crippen LogP contribution in [0.3, 0.4) is 0 Å². The van der Waals surface area contributed by atoms with Crippen molar-refractivity contribution in [1.29, 1.82) is 0 Å². The number of thioether (sulfide) groups is 1. The maximum atomic E-state index is 12.2. The molecule has 0 aliphatic rings. The minimum absolute atomic E-state index is 0.0590. The quantitative estimate of drug-likeness (QED) is 0.722. The lowest BCUT2D eigenvalue weighted by Crippen LogP contribution is -2.15. The second kappa shape index (κ2) is 7.31. The maximum absolute atomic E-state index is 12.2. The van der Waals surface area contributed by atoms with Gasteiger partial charge in [-0.2, -0.15) is 0 Å². The Balaban J connectivity index is 1.65. The standard InChI is InChI=1S/C18H18N4OS/c1-13-8-9-14(2)16(10-13)20-17(23)11-24-18-21-19-12-22(18)15-6-4-3-5-7-15/h3-10,12H,11H2,1-2H3,(H,20,23). The topological polar surface area (TPSA) is 59.8 Å². The lowest BCUT2D eigenvalue weighted by Gasteiger charge is -2.09. The zero-order chi connectivity index (χ0) is 16.9. The molecule has 0 fully saturated rings. The summed E-state index contributed by atoms with van der Waals surface area (Å²) in [5.41, 5.74) is 3.99. The third-order valence-electron chi connectivity index (χ3n) is 3.55. The summed E-state index contributed by atoms with van der Waals surface area (Å²) in [5, 5.41) is 11.7. The summed E-state index contributed by atoms with van der Waals surface area (Å²) in [6.07, 6.45) is 1.65. The Morgan fingerprint density at radius 2 is 1.96 bits per heavy atom. The Hall–Kier alpha value is -2.60. The van der Waals surface area contributed by atoms with Crippen LogP contribution in [0.25, 0.3) is 5.69 Å². The first-order chi connectivity index (χ1) is 11.6. The smallest absolute Gasteiger partial charge is 0.234 e. The van der Waals surface area contributed by atoms with E-state index in [4.69, 9.17) is 0 Å². The van der Waals surface area contributed by atoms with Gasteiger partial charge in [-0.25, -0.2) is 0 Å². The number of carbonyl (C=O) groups is 1. The van der Waals surface area contributed by atoms with Crippen molar-refractivity contribution in [3.63, 3.8) is 0 Å². The lowest BCUT2D eigenvalue weighted by molar-refractivity contribution is -0.113. The summed E-state index contributed by atoms with van der Waals surface area (Å²) < 4.78 is 1.87. The van der Waals surface area contributed by atoms with Gasteiger partial charge in [0.2, 0.25) is 5.91 Å². The van der Waals surface area contributed by atoms with Crippen molar-refractivity contribution >= 4 is 23.4 Å². The monoisotopic (exact) mass is 338 g/mol. The number of rotatable bonds is 5. The van der Waals surface area contributed by atoms with Crippen molar-refractivity contribution in [3.05, 3.63) is 66.0 Å². The predicted molar refractivity (Wildman–Crippen MR) is 96.6 cm³/mol. The Bertz CT molecular complexity index is 845. The average molecular weight is 338 g/mol. The van der Waals surface area contributed by atoms with Crippen molar-refractivity contribution < 1.29 is 4.79 Å². The predicted octanol–water partition coefficient (Wildman–Crippen LogP) is 3.61. The molecule has 0 atom stereocenters. The molecular weight excluding hydrogens is 320 g/mol. The molecule has 0 aliphatic carbocycles. The molecule has 1 N–H and O–H groups in total. The molecule has 3 rings (SSSR count). The molecule has 1 aromatic heterocycles. The van der Waals surface area contributed by atoms with Gasteiger partial charge < -0.3 is 5.32 Å². The van der Waals surface area contributed by atoms with E-state index < -0.39 is 0 Å². The highest BCUT2D eigenvalue weighted by molar-refractivity contribution is 7.99. The molecule has 1 heterocycles. The van der Waals surface area contributed by atoms with E-state index in [1.807, 2.05) is 66.9 Å². The summed E-state index contributed by atoms with van der Waals surface area (Å²) in [6.45, 7) is 3.99. The average Bonchev–Trinajstić information content (AvgIpc) is 3.06. The molecule has 1 amide bonds. The second-order valence-electron chi connectivity index (χ2n) is 5.47. The third-order valence-corrected chi connectivity index (χ3v) is 4.49. The number of nitrogens with zero attached hydrogens (tertiary/aromatic N) is 3. The number of carbonyl (C=O) groups excluding carboxylic acids is 1. The van der Waals surface area contributed by atoms with E-state index in [-0.39, 0.29) is 11.7 Å². The van der Waals surface area contributed by atoms with Gasteiger partial charge in [0, 0.05) is 11.4 Å². The Morgan fingerprint density at radius 3 is 2.75 bits per heavy atom. The van der Waals surface area contributed by atoms with Gasteiger partial charge >= 0.3 is 0 Å². The van der Waals surface area contributed by atoms with Gasteiger partial charge in [0.1, 0.15) is 6.33 Å². The molecule has 122 valence electrons. The molecule has 0 radical (unpaired) electrons. The minimum atomic E-state index is -0.0590. The first kappa shape index (κ1) is 16.3. The number of para-hydroxylation sites is 1. The molecule has 0 aliphatic heterocycles. The molecule has 2 aromatic carbocycles. The molecule has 0 unspecified atom stereocenters. The fraction of sp³-hybridized carbons (Fsp3) is 0.167. The van der Waals surface area contributed by atoms with E-state index in [1.54, 1.807) is 6.33 Å². The zero-order valence-corrected chi connectivity index (χ0v) is 14.4. The number of aryl methyl sites for hydroxylation is 2. The van der Waals surface area contributed by atoms with Crippen molar-refractivity contribution in [2.24, 2.45) is 0 Å². The lowest BCUT2D eigenvalue weighted by atomic mass is 10.1. The fourth-order valence-electron chi connectivity index (χ4n) is 2.28. The molecule has 0 saturated heterocycles. The fourth-order valence-corrected chi connectivity index (χ4v) is 3.00. The van der Waals surface area contributed by atoms with Crippen LogP contribution in [0.2, 0.25) is 0 Å². The molecule has 24 heavy (non-hydrogen) atoms. The summed E-state index contributed by atoms with van der Waals surface area (Å²) in [4.78, 5) is 12.2. The van der Waals surface area contributed by atoms with Crippen LogP contribution in [0, 0.1) is 13.8 Å². The van der Waals surface area contributed by atoms with E-state index in [2.05, 4.69) is 15.5 Å². The molecule has 3 aromatic rings. The number of amides is 1. The van der Waals surface area contributed by atoms with Crippen LogP contribution < -0.4 is 5.32 Å². The summed E-state index contributed by atoms with van der Waals surface area (Å²) in [6, 6.07) is 15.8. The largest absolute Gasteiger partial charge is 0.325 e. The number of nitrogens with one attached hydrogen (secondary N) is 1. The third kappa shape index (κ3) is 3.83. The van der Waals surface area contributed by atoms with E-state index in [0.29, 0.717) is 5.16 Å². The molecular formula is C18H18N4OS. The number of benzene rings is 2. The summed E-state index contributed by atoms with van der Waals surface area (Å²) >= 11 is 1.36. The summed E-state index contributed by atoms with van der Waals surface area (Å²) in [7, 11) is 0. The highest BCUT2D eigenvalue weighted by Crippen LogP contribution is 2.21. The van der Waals surface area contributed by atoms with Crippen LogP contribution in [-0.2, 0) is 4.79 Å². The van der Waals surface area contributed by atoms with Crippen LogP contribution in [0.5, 0.6) is 0 Å². The Kier molecular flexibility index (Phi) is 4.96. The van der Waals surface area contributed by atoms with Crippen LogP contribution in [0.4, 0.5) is 5.69 Å². The molecule has 0 bridgehead atoms. The molecule has 6 heteroatoms. The number of hydrogen-bond donors (Lipinski definition) is 1. The molecule has 5 nitrogen and oxygen atoms in total. The zero-order valence-electron chi connectivity index (χ0n) is 13.6. The first-order valence-corrected chi connectivity index (χ1v) is 8.57. The second-order valence-corrected chi connectivity index (χ2v) is 6.42. The van der Waals surface area contributed by atoms with Gasteiger partial charge in [-0.3, -0.25) is 9.36 Å². The highest BCUT2D eigenvalue weighted by atomic mass is 32.2. The van der Waals surface area contributed by atoms with Crippen molar-refractivity contribution in [2.75, 3.05) is 11.1 Å². The van der Waals surface area contributed by atoms with E-state index >= 15 is 0 Å². The van der Waals surface area contributed by atoms with Crippen LogP contribution in [0.1, 0.15) is 11.1 Å². The van der Waals surface area contributed by atoms with E-state index in [9.17, 15) is 4.79 Å². The first-order valence-electron chi connectivity index (χ1n) is 7.59. The van der Waals surface area contributed by atoms with Gasteiger partial charge in [0.05, 0.1) is 5.75 Å². The van der Waals surface area contributed by atoms with Gasteiger partial charge in [-0.05, 0) is 43.2 Å². The van der Waals surface area contributed by atoms with E-state index in [1.165, 1.54) is 11.8 Å². The Labute approximate surface area is 145 Å². The van der Waals surface area contributed by atoms with Crippen LogP contribution in [-0.4, -0.2) is 26.4 Å². The van der Waals surface area contributed by atoms with Gasteiger partial charge in [0.25, 0.3) is 0 Å². The molecule has 0 spiro atoms. The van der Waals surface area contributed by atoms with Gasteiger partial charge in [-0.1, -0.05) is 42.1 Å². The Morgan fingerprint density at radius 1 is 1.17 bits per heavy atom. The van der Waals surface area contributed by atoms with Gasteiger partial charge in [-0.15, -0.1) is 10.2 Å².